The molecule has 0 saturated heterocycles. The standard InChI is InChI=1S/C14H18N2O5/c1-8(2)11(14(18)19)7-15-13(17)10-5-4-6-12(9(10)3)16(20)21/h4-6,8,11H,7H2,1-3H3,(H,15,17)(H,18,19). The number of rotatable bonds is 6. The quantitative estimate of drug-likeness (QED) is 0.616. The minimum absolute atomic E-state index is 0.0199. The Balaban J connectivity index is 2.88. The van der Waals surface area contributed by atoms with Gasteiger partial charge in [0.1, 0.15) is 0 Å². The highest BCUT2D eigenvalue weighted by atomic mass is 16.6. The van der Waals surface area contributed by atoms with Gasteiger partial charge >= 0.3 is 5.97 Å². The molecule has 0 aliphatic carbocycles. The minimum Gasteiger partial charge on any atom is -0.481 e. The van der Waals surface area contributed by atoms with Gasteiger partial charge in [-0.2, -0.15) is 0 Å². The molecular formula is C14H18N2O5. The third-order valence-corrected chi connectivity index (χ3v) is 3.35. The van der Waals surface area contributed by atoms with Crippen molar-refractivity contribution in [3.05, 3.63) is 39.4 Å². The molecule has 0 radical (unpaired) electrons. The average Bonchev–Trinajstić information content (AvgIpc) is 2.37. The zero-order valence-corrected chi connectivity index (χ0v) is 12.1. The maximum absolute atomic E-state index is 12.1. The molecule has 2 N–H and O–H groups in total. The van der Waals surface area contributed by atoms with Crippen molar-refractivity contribution < 1.29 is 19.6 Å². The van der Waals surface area contributed by atoms with Gasteiger partial charge in [0.2, 0.25) is 0 Å². The summed E-state index contributed by atoms with van der Waals surface area (Å²) in [6.07, 6.45) is 0. The molecule has 1 amide bonds. The Morgan fingerprint density at radius 1 is 1.38 bits per heavy atom. The van der Waals surface area contributed by atoms with Crippen LogP contribution in [0, 0.1) is 28.9 Å². The van der Waals surface area contributed by atoms with Crippen molar-refractivity contribution in [2.75, 3.05) is 6.54 Å². The summed E-state index contributed by atoms with van der Waals surface area (Å²) in [5.41, 5.74) is 0.301. The SMILES string of the molecule is Cc1c(C(=O)NCC(C(=O)O)C(C)C)cccc1[N+](=O)[O-]. The molecular weight excluding hydrogens is 276 g/mol. The fourth-order valence-electron chi connectivity index (χ4n) is 1.97. The summed E-state index contributed by atoms with van der Waals surface area (Å²) >= 11 is 0. The third kappa shape index (κ3) is 4.01. The second-order valence-electron chi connectivity index (χ2n) is 5.11. The fourth-order valence-corrected chi connectivity index (χ4v) is 1.97. The van der Waals surface area contributed by atoms with Gasteiger partial charge < -0.3 is 10.4 Å². The normalized spacial score (nSPS) is 12.0. The lowest BCUT2D eigenvalue weighted by Gasteiger charge is -2.17. The first-order valence-corrected chi connectivity index (χ1v) is 6.50. The van der Waals surface area contributed by atoms with Gasteiger partial charge in [-0.25, -0.2) is 0 Å². The topological polar surface area (TPSA) is 110 Å². The maximum atomic E-state index is 12.1. The molecule has 7 nitrogen and oxygen atoms in total. The molecule has 1 rings (SSSR count). The number of carboxylic acid groups (broad SMARTS) is 1. The van der Waals surface area contributed by atoms with Gasteiger partial charge in [-0.1, -0.05) is 19.9 Å². The first-order valence-electron chi connectivity index (χ1n) is 6.50. The van der Waals surface area contributed by atoms with Gasteiger partial charge in [0.15, 0.2) is 0 Å². The van der Waals surface area contributed by atoms with Gasteiger partial charge in [-0.15, -0.1) is 0 Å². The van der Waals surface area contributed by atoms with Crippen molar-refractivity contribution in [2.45, 2.75) is 20.8 Å². The number of nitro benzene ring substituents is 1. The second-order valence-corrected chi connectivity index (χ2v) is 5.11. The van der Waals surface area contributed by atoms with Crippen LogP contribution in [-0.2, 0) is 4.79 Å². The summed E-state index contributed by atoms with van der Waals surface area (Å²) in [4.78, 5) is 33.4. The van der Waals surface area contributed by atoms with E-state index in [1.807, 2.05) is 0 Å². The number of carbonyl (C=O) groups is 2. The molecule has 1 atom stereocenters. The molecule has 1 aromatic rings. The number of hydrogen-bond acceptors (Lipinski definition) is 4. The second kappa shape index (κ2) is 6.83. The summed E-state index contributed by atoms with van der Waals surface area (Å²) in [6.45, 7) is 4.98. The Bertz CT molecular complexity index is 568. The molecule has 0 spiro atoms. The number of benzene rings is 1. The van der Waals surface area contributed by atoms with Gasteiger partial charge in [0, 0.05) is 23.7 Å². The smallest absolute Gasteiger partial charge is 0.308 e. The van der Waals surface area contributed by atoms with E-state index in [9.17, 15) is 19.7 Å². The van der Waals surface area contributed by atoms with Crippen LogP contribution in [0.2, 0.25) is 0 Å². The molecule has 0 saturated carbocycles. The van der Waals surface area contributed by atoms with Crippen LogP contribution in [0.1, 0.15) is 29.8 Å². The highest BCUT2D eigenvalue weighted by Gasteiger charge is 2.23. The van der Waals surface area contributed by atoms with Crippen LogP contribution in [0.15, 0.2) is 18.2 Å². The Kier molecular flexibility index (Phi) is 5.40. The molecule has 0 fully saturated rings. The van der Waals surface area contributed by atoms with E-state index in [0.29, 0.717) is 0 Å². The van der Waals surface area contributed by atoms with Crippen molar-refractivity contribution in [1.29, 1.82) is 0 Å². The van der Waals surface area contributed by atoms with Gasteiger partial charge in [-0.3, -0.25) is 19.7 Å². The van der Waals surface area contributed by atoms with Gasteiger partial charge in [-0.05, 0) is 18.9 Å². The summed E-state index contributed by atoms with van der Waals surface area (Å²) < 4.78 is 0. The summed E-state index contributed by atoms with van der Waals surface area (Å²) in [7, 11) is 0. The first kappa shape index (κ1) is 16.6. The summed E-state index contributed by atoms with van der Waals surface area (Å²) in [5, 5.41) is 22.4. The van der Waals surface area contributed by atoms with Crippen LogP contribution in [-0.4, -0.2) is 28.5 Å². The highest BCUT2D eigenvalue weighted by Crippen LogP contribution is 2.21. The predicted molar refractivity (Wildman–Crippen MR) is 76.1 cm³/mol. The monoisotopic (exact) mass is 294 g/mol. The van der Waals surface area contributed by atoms with E-state index >= 15 is 0 Å². The van der Waals surface area contributed by atoms with Crippen LogP contribution >= 0.6 is 0 Å². The van der Waals surface area contributed by atoms with Crippen LogP contribution in [0.5, 0.6) is 0 Å². The van der Waals surface area contributed by atoms with E-state index in [-0.39, 0.29) is 29.3 Å². The molecule has 0 aliphatic rings. The number of nitrogens with zero attached hydrogens (tertiary/aromatic N) is 1. The maximum Gasteiger partial charge on any atom is 0.308 e. The Morgan fingerprint density at radius 3 is 2.48 bits per heavy atom. The Labute approximate surface area is 122 Å². The third-order valence-electron chi connectivity index (χ3n) is 3.35. The zero-order chi connectivity index (χ0) is 16.2. The number of nitro groups is 1. The van der Waals surface area contributed by atoms with Gasteiger partial charge in [0.25, 0.3) is 11.6 Å². The van der Waals surface area contributed by atoms with E-state index in [1.54, 1.807) is 13.8 Å². The van der Waals surface area contributed by atoms with Crippen molar-refractivity contribution in [3.63, 3.8) is 0 Å². The van der Waals surface area contributed by atoms with Crippen molar-refractivity contribution >= 4 is 17.6 Å². The van der Waals surface area contributed by atoms with Crippen LogP contribution in [0.3, 0.4) is 0 Å². The summed E-state index contributed by atoms with van der Waals surface area (Å²) in [5.74, 6) is -2.33. The van der Waals surface area contributed by atoms with Crippen LogP contribution < -0.4 is 5.32 Å². The minimum atomic E-state index is -0.985. The van der Waals surface area contributed by atoms with Crippen LogP contribution in [0.25, 0.3) is 0 Å². The van der Waals surface area contributed by atoms with Gasteiger partial charge in [0.05, 0.1) is 10.8 Å². The molecule has 0 heterocycles. The number of hydrogen-bond donors (Lipinski definition) is 2. The highest BCUT2D eigenvalue weighted by molar-refractivity contribution is 5.96. The lowest BCUT2D eigenvalue weighted by Crippen LogP contribution is -2.35. The van der Waals surface area contributed by atoms with E-state index in [0.717, 1.165) is 0 Å². The number of carboxylic acids is 1. The van der Waals surface area contributed by atoms with E-state index in [4.69, 9.17) is 5.11 Å². The average molecular weight is 294 g/mol. The molecule has 1 unspecified atom stereocenters. The van der Waals surface area contributed by atoms with E-state index < -0.39 is 22.7 Å². The molecule has 114 valence electrons. The largest absolute Gasteiger partial charge is 0.481 e. The van der Waals surface area contributed by atoms with E-state index in [1.165, 1.54) is 25.1 Å². The molecule has 7 heteroatoms. The molecule has 1 aromatic carbocycles. The number of aliphatic carboxylic acids is 1. The van der Waals surface area contributed by atoms with Crippen molar-refractivity contribution in [1.82, 2.24) is 5.32 Å². The molecule has 0 aliphatic heterocycles. The molecule has 0 bridgehead atoms. The molecule has 21 heavy (non-hydrogen) atoms. The van der Waals surface area contributed by atoms with Crippen LogP contribution in [0.4, 0.5) is 5.69 Å². The number of carbonyl (C=O) groups excluding carboxylic acids is 1. The Hall–Kier alpha value is -2.44. The predicted octanol–water partition coefficient (Wildman–Crippen LogP) is 1.99. The summed E-state index contributed by atoms with van der Waals surface area (Å²) in [6, 6.07) is 4.22. The van der Waals surface area contributed by atoms with E-state index in [2.05, 4.69) is 5.32 Å². The zero-order valence-electron chi connectivity index (χ0n) is 12.1. The first-order chi connectivity index (χ1) is 9.75. The lowest BCUT2D eigenvalue weighted by atomic mass is 9.96. The lowest BCUT2D eigenvalue weighted by molar-refractivity contribution is -0.385. The fraction of sp³-hybridized carbons (Fsp3) is 0.429. The van der Waals surface area contributed by atoms with Crippen molar-refractivity contribution in [3.8, 4) is 0 Å². The number of nitrogens with one attached hydrogen (secondary N) is 1. The number of amides is 1. The van der Waals surface area contributed by atoms with Crippen molar-refractivity contribution in [2.24, 2.45) is 11.8 Å². The Morgan fingerprint density at radius 2 is 2.00 bits per heavy atom. The molecule has 0 aromatic heterocycles.